The minimum Gasteiger partial charge on any atom is -0.267 e. The predicted octanol–water partition coefficient (Wildman–Crippen LogP) is 1.79. The fraction of sp³-hybridized carbons (Fsp3) is 0.100. The van der Waals surface area contributed by atoms with Gasteiger partial charge in [0.25, 0.3) is 5.91 Å². The molecule has 1 aromatic rings. The summed E-state index contributed by atoms with van der Waals surface area (Å²) in [5, 5.41) is 0. The smallest absolute Gasteiger partial charge is 0.267 e. The lowest BCUT2D eigenvalue weighted by Crippen LogP contribution is -1.94. The van der Waals surface area contributed by atoms with E-state index in [1.807, 2.05) is 12.1 Å². The zero-order valence-corrected chi connectivity index (χ0v) is 7.03. The van der Waals surface area contributed by atoms with Crippen LogP contribution in [0.5, 0.6) is 0 Å². The molecular weight excluding hydrogens is 164 g/mol. The molecular formula is C10H8N2O. The summed E-state index contributed by atoms with van der Waals surface area (Å²) in [6.07, 6.45) is 2.60. The number of fused-ring (bicyclic) bond motifs is 1. The molecule has 0 saturated carbocycles. The van der Waals surface area contributed by atoms with Crippen LogP contribution in [0, 0.1) is 0 Å². The molecule has 0 aromatic heterocycles. The highest BCUT2D eigenvalue weighted by molar-refractivity contribution is 6.03. The van der Waals surface area contributed by atoms with Gasteiger partial charge in [0.15, 0.2) is 0 Å². The van der Waals surface area contributed by atoms with Crippen molar-refractivity contribution in [3.8, 4) is 0 Å². The van der Waals surface area contributed by atoms with Crippen LogP contribution >= 0.6 is 0 Å². The fourth-order valence-electron chi connectivity index (χ4n) is 1.40. The molecule has 13 heavy (non-hydrogen) atoms. The number of hydrogen-bond acceptors (Lipinski definition) is 2. The van der Waals surface area contributed by atoms with E-state index >= 15 is 0 Å². The molecule has 0 saturated heterocycles. The van der Waals surface area contributed by atoms with Crippen molar-refractivity contribution in [1.29, 1.82) is 0 Å². The number of para-hydroxylation sites is 1. The Morgan fingerprint density at radius 3 is 3.15 bits per heavy atom. The predicted molar refractivity (Wildman–Crippen MR) is 52.2 cm³/mol. The van der Waals surface area contributed by atoms with E-state index in [2.05, 4.69) is 16.7 Å². The molecule has 2 rings (SSSR count). The van der Waals surface area contributed by atoms with E-state index in [4.69, 9.17) is 0 Å². The van der Waals surface area contributed by atoms with Crippen LogP contribution in [0.15, 0.2) is 28.2 Å². The number of carbonyl (C=O) groups is 1. The Morgan fingerprint density at radius 2 is 2.38 bits per heavy atom. The monoisotopic (exact) mass is 172 g/mol. The lowest BCUT2D eigenvalue weighted by molar-refractivity contribution is 0.100. The quantitative estimate of drug-likeness (QED) is 0.595. The van der Waals surface area contributed by atoms with E-state index in [1.54, 1.807) is 12.3 Å². The standard InChI is InChI=1S/C10H8N2O/c1-11-10(13)8-4-2-3-7-5-6-12-9(7)8/h2-4,6H,1,5H2. The molecule has 0 radical (unpaired) electrons. The molecule has 1 amide bonds. The molecule has 0 unspecified atom stereocenters. The Kier molecular flexibility index (Phi) is 1.77. The van der Waals surface area contributed by atoms with Crippen LogP contribution in [-0.4, -0.2) is 18.8 Å². The minimum atomic E-state index is -0.309. The first-order valence-corrected chi connectivity index (χ1v) is 3.98. The summed E-state index contributed by atoms with van der Waals surface area (Å²) in [7, 11) is 0. The molecule has 0 aliphatic carbocycles. The van der Waals surface area contributed by atoms with Crippen LogP contribution in [0.1, 0.15) is 15.9 Å². The summed E-state index contributed by atoms with van der Waals surface area (Å²) in [6, 6.07) is 5.52. The van der Waals surface area contributed by atoms with Crippen molar-refractivity contribution >= 4 is 24.5 Å². The molecule has 3 heteroatoms. The van der Waals surface area contributed by atoms with Gasteiger partial charge in [0.1, 0.15) is 0 Å². The fourth-order valence-corrected chi connectivity index (χ4v) is 1.40. The van der Waals surface area contributed by atoms with E-state index in [1.165, 1.54) is 0 Å². The molecule has 1 aliphatic heterocycles. The number of carbonyl (C=O) groups excluding carboxylic acids is 1. The van der Waals surface area contributed by atoms with Crippen molar-refractivity contribution < 1.29 is 4.79 Å². The first-order valence-electron chi connectivity index (χ1n) is 3.98. The number of amides is 1. The molecule has 0 N–H and O–H groups in total. The Balaban J connectivity index is 2.58. The molecule has 1 heterocycles. The summed E-state index contributed by atoms with van der Waals surface area (Å²) in [5.41, 5.74) is 2.37. The first kappa shape index (κ1) is 7.86. The Morgan fingerprint density at radius 1 is 1.54 bits per heavy atom. The van der Waals surface area contributed by atoms with Gasteiger partial charge in [-0.3, -0.25) is 9.79 Å². The van der Waals surface area contributed by atoms with Crippen LogP contribution < -0.4 is 0 Å². The number of hydrogen-bond donors (Lipinski definition) is 0. The zero-order valence-electron chi connectivity index (χ0n) is 7.03. The number of nitrogens with zero attached hydrogens (tertiary/aromatic N) is 2. The van der Waals surface area contributed by atoms with Gasteiger partial charge in [0.05, 0.1) is 11.3 Å². The summed E-state index contributed by atoms with van der Waals surface area (Å²) in [6.45, 7) is 3.21. The van der Waals surface area contributed by atoms with E-state index in [0.29, 0.717) is 5.56 Å². The summed E-state index contributed by atoms with van der Waals surface area (Å²) in [5.74, 6) is -0.309. The third-order valence-corrected chi connectivity index (χ3v) is 2.03. The van der Waals surface area contributed by atoms with E-state index < -0.39 is 0 Å². The maximum absolute atomic E-state index is 11.3. The van der Waals surface area contributed by atoms with Crippen LogP contribution in [0.3, 0.4) is 0 Å². The van der Waals surface area contributed by atoms with Crippen LogP contribution in [0.25, 0.3) is 0 Å². The van der Waals surface area contributed by atoms with E-state index in [0.717, 1.165) is 17.7 Å². The van der Waals surface area contributed by atoms with Crippen molar-refractivity contribution in [3.63, 3.8) is 0 Å². The summed E-state index contributed by atoms with van der Waals surface area (Å²) < 4.78 is 0. The third kappa shape index (κ3) is 1.18. The molecule has 0 fully saturated rings. The molecule has 3 nitrogen and oxygen atoms in total. The van der Waals surface area contributed by atoms with Crippen molar-refractivity contribution in [2.24, 2.45) is 9.98 Å². The van der Waals surface area contributed by atoms with Gasteiger partial charge in [-0.05, 0) is 18.3 Å². The highest BCUT2D eigenvalue weighted by Crippen LogP contribution is 2.28. The second kappa shape index (κ2) is 2.94. The van der Waals surface area contributed by atoms with Crippen molar-refractivity contribution in [1.82, 2.24) is 0 Å². The second-order valence-electron chi connectivity index (χ2n) is 2.79. The van der Waals surface area contributed by atoms with Gasteiger partial charge in [-0.2, -0.15) is 0 Å². The Hall–Kier alpha value is -1.77. The lowest BCUT2D eigenvalue weighted by atomic mass is 10.1. The van der Waals surface area contributed by atoms with E-state index in [9.17, 15) is 4.79 Å². The molecule has 0 bridgehead atoms. The highest BCUT2D eigenvalue weighted by Gasteiger charge is 2.14. The highest BCUT2D eigenvalue weighted by atomic mass is 16.1. The van der Waals surface area contributed by atoms with Gasteiger partial charge in [0.2, 0.25) is 0 Å². The van der Waals surface area contributed by atoms with Crippen molar-refractivity contribution in [2.75, 3.05) is 0 Å². The Bertz CT molecular complexity index is 407. The summed E-state index contributed by atoms with van der Waals surface area (Å²) in [4.78, 5) is 18.8. The van der Waals surface area contributed by atoms with Gasteiger partial charge >= 0.3 is 0 Å². The molecule has 64 valence electrons. The van der Waals surface area contributed by atoms with Gasteiger partial charge < -0.3 is 0 Å². The lowest BCUT2D eigenvalue weighted by Gasteiger charge is -2.01. The van der Waals surface area contributed by atoms with E-state index in [-0.39, 0.29) is 5.91 Å². The molecule has 1 aromatic carbocycles. The van der Waals surface area contributed by atoms with Crippen LogP contribution in [-0.2, 0) is 6.42 Å². The molecule has 1 aliphatic rings. The van der Waals surface area contributed by atoms with Gasteiger partial charge in [-0.15, -0.1) is 0 Å². The van der Waals surface area contributed by atoms with Crippen molar-refractivity contribution in [3.05, 3.63) is 29.3 Å². The van der Waals surface area contributed by atoms with Crippen LogP contribution in [0.2, 0.25) is 0 Å². The van der Waals surface area contributed by atoms with Crippen molar-refractivity contribution in [2.45, 2.75) is 6.42 Å². The average molecular weight is 172 g/mol. The number of benzene rings is 1. The number of aliphatic imine (C=N–C) groups is 2. The topological polar surface area (TPSA) is 41.8 Å². The zero-order chi connectivity index (χ0) is 9.26. The van der Waals surface area contributed by atoms with Gasteiger partial charge in [-0.25, -0.2) is 4.99 Å². The van der Waals surface area contributed by atoms with Gasteiger partial charge in [0, 0.05) is 12.6 Å². The first-order chi connectivity index (χ1) is 6.33. The minimum absolute atomic E-state index is 0.309. The maximum Gasteiger partial charge on any atom is 0.278 e. The SMILES string of the molecule is C=NC(=O)c1cccc2c1N=CC2. The largest absolute Gasteiger partial charge is 0.278 e. The average Bonchev–Trinajstić information content (AvgIpc) is 2.63. The normalized spacial score (nSPS) is 12.6. The Labute approximate surface area is 75.8 Å². The third-order valence-electron chi connectivity index (χ3n) is 2.03. The van der Waals surface area contributed by atoms with Gasteiger partial charge in [-0.1, -0.05) is 12.1 Å². The second-order valence-corrected chi connectivity index (χ2v) is 2.79. The molecule has 0 spiro atoms. The number of rotatable bonds is 1. The maximum atomic E-state index is 11.3. The van der Waals surface area contributed by atoms with Crippen LogP contribution in [0.4, 0.5) is 5.69 Å². The summed E-state index contributed by atoms with van der Waals surface area (Å²) >= 11 is 0. The molecule has 0 atom stereocenters.